The minimum Gasteiger partial charge on any atom is -0.480 e. The molecule has 0 aliphatic heterocycles. The van der Waals surface area contributed by atoms with Crippen molar-refractivity contribution < 1.29 is 29.0 Å². The molecule has 3 rings (SSSR count). The zero-order valence-corrected chi connectivity index (χ0v) is 29.2. The van der Waals surface area contributed by atoms with Crippen LogP contribution in [-0.2, 0) is 28.6 Å². The highest BCUT2D eigenvalue weighted by atomic mass is 32.2. The predicted octanol–water partition coefficient (Wildman–Crippen LogP) is 5.11. The Kier molecular flexibility index (Phi) is 13.2. The minimum atomic E-state index is -1.34. The Bertz CT molecular complexity index is 1350. The molecule has 47 heavy (non-hydrogen) atoms. The van der Waals surface area contributed by atoms with Gasteiger partial charge in [0.25, 0.3) is 0 Å². The van der Waals surface area contributed by atoms with E-state index in [1.807, 2.05) is 75.4 Å². The molecule has 0 radical (unpaired) electrons. The normalized spacial score (nSPS) is 14.8. The molecule has 10 heteroatoms. The lowest BCUT2D eigenvalue weighted by atomic mass is 9.84. The van der Waals surface area contributed by atoms with Crippen molar-refractivity contribution >= 4 is 29.5 Å². The maximum atomic E-state index is 13.7. The number of carbonyl (C=O) groups is 3. The Morgan fingerprint density at radius 2 is 1.19 bits per heavy atom. The Morgan fingerprint density at radius 1 is 0.745 bits per heavy atom. The molecule has 0 fully saturated rings. The first kappa shape index (κ1) is 37.8. The summed E-state index contributed by atoms with van der Waals surface area (Å²) in [4.78, 5) is 39.3. The molecule has 5 N–H and O–H groups in total. The molecule has 254 valence electrons. The summed E-state index contributed by atoms with van der Waals surface area (Å²) in [6.45, 7) is 12.3. The number of aliphatic carboxylic acids is 1. The van der Waals surface area contributed by atoms with Gasteiger partial charge >= 0.3 is 5.97 Å². The summed E-state index contributed by atoms with van der Waals surface area (Å²) in [5, 5.41) is 15.1. The van der Waals surface area contributed by atoms with E-state index >= 15 is 0 Å². The number of hydrogen-bond donors (Lipinski definition) is 4. The van der Waals surface area contributed by atoms with Crippen LogP contribution in [0.15, 0.2) is 91.0 Å². The highest BCUT2D eigenvalue weighted by molar-refractivity contribution is 8.00. The first-order valence-electron chi connectivity index (χ1n) is 15.7. The van der Waals surface area contributed by atoms with Gasteiger partial charge < -0.3 is 30.9 Å². The van der Waals surface area contributed by atoms with Gasteiger partial charge in [0, 0.05) is 5.75 Å². The van der Waals surface area contributed by atoms with Crippen LogP contribution in [0, 0.1) is 0 Å². The lowest BCUT2D eigenvalue weighted by Crippen LogP contribution is -2.60. The van der Waals surface area contributed by atoms with Gasteiger partial charge in [0.2, 0.25) is 11.8 Å². The summed E-state index contributed by atoms with van der Waals surface area (Å²) in [5.41, 5.74) is 8.37. The summed E-state index contributed by atoms with van der Waals surface area (Å²) in [7, 11) is 0. The van der Waals surface area contributed by atoms with Crippen molar-refractivity contribution in [2.24, 2.45) is 5.73 Å². The summed E-state index contributed by atoms with van der Waals surface area (Å²) < 4.78 is 11.0. The molecule has 0 saturated carbocycles. The second kappa shape index (κ2) is 16.4. The van der Waals surface area contributed by atoms with Crippen LogP contribution in [0.5, 0.6) is 0 Å². The van der Waals surface area contributed by atoms with E-state index in [0.29, 0.717) is 0 Å². The third-order valence-corrected chi connectivity index (χ3v) is 8.91. The second-order valence-corrected chi connectivity index (χ2v) is 14.7. The average molecular weight is 664 g/mol. The zero-order valence-electron chi connectivity index (χ0n) is 28.4. The molecule has 4 atom stereocenters. The van der Waals surface area contributed by atoms with E-state index in [1.54, 1.807) is 27.7 Å². The molecule has 0 spiro atoms. The fraction of sp³-hybridized carbons (Fsp3) is 0.432. The van der Waals surface area contributed by atoms with Gasteiger partial charge in [0.05, 0.1) is 34.7 Å². The molecule has 0 unspecified atom stereocenters. The van der Waals surface area contributed by atoms with E-state index in [-0.39, 0.29) is 12.4 Å². The highest BCUT2D eigenvalue weighted by Gasteiger charge is 2.39. The maximum absolute atomic E-state index is 13.7. The fourth-order valence-corrected chi connectivity index (χ4v) is 6.60. The van der Waals surface area contributed by atoms with E-state index in [0.717, 1.165) is 16.7 Å². The molecular weight excluding hydrogens is 614 g/mol. The highest BCUT2D eigenvalue weighted by Crippen LogP contribution is 2.48. The summed E-state index contributed by atoms with van der Waals surface area (Å²) in [5.74, 6) is -2.34. The molecule has 0 heterocycles. The quantitative estimate of drug-likeness (QED) is 0.165. The smallest absolute Gasteiger partial charge is 0.328 e. The van der Waals surface area contributed by atoms with Crippen LogP contribution in [0.3, 0.4) is 0 Å². The van der Waals surface area contributed by atoms with Gasteiger partial charge in [-0.25, -0.2) is 4.79 Å². The van der Waals surface area contributed by atoms with Crippen LogP contribution in [0.4, 0.5) is 0 Å². The van der Waals surface area contributed by atoms with Gasteiger partial charge in [-0.15, -0.1) is 11.8 Å². The number of carbonyl (C=O) groups excluding carboxylic acids is 2. The Hall–Kier alpha value is -3.70. The SMILES string of the molecule is C[C@@H](OC(C)(C)C)[C@H](NC(=O)[C@@H](N)CSC(c1ccccc1)(c1ccccc1)c1ccccc1)C(=O)N[C@@H](COC(C)(C)C)C(=O)O. The summed E-state index contributed by atoms with van der Waals surface area (Å²) >= 11 is 1.53. The van der Waals surface area contributed by atoms with Crippen LogP contribution < -0.4 is 16.4 Å². The molecular formula is C37H49N3O6S. The first-order valence-corrected chi connectivity index (χ1v) is 16.7. The number of carboxylic acid groups (broad SMARTS) is 1. The lowest BCUT2D eigenvalue weighted by molar-refractivity contribution is -0.148. The van der Waals surface area contributed by atoms with Gasteiger partial charge in [0.1, 0.15) is 6.04 Å². The number of nitrogens with one attached hydrogen (secondary N) is 2. The van der Waals surface area contributed by atoms with E-state index in [9.17, 15) is 19.5 Å². The fourth-order valence-electron chi connectivity index (χ4n) is 5.11. The molecule has 3 aromatic carbocycles. The summed E-state index contributed by atoms with van der Waals surface area (Å²) in [6.07, 6.45) is -0.811. The largest absolute Gasteiger partial charge is 0.480 e. The number of amides is 2. The van der Waals surface area contributed by atoms with E-state index in [2.05, 4.69) is 47.0 Å². The molecule has 0 saturated heterocycles. The zero-order chi connectivity index (χ0) is 34.8. The Morgan fingerprint density at radius 3 is 1.57 bits per heavy atom. The monoisotopic (exact) mass is 663 g/mol. The number of carboxylic acids is 1. The van der Waals surface area contributed by atoms with Gasteiger partial charge in [-0.3, -0.25) is 9.59 Å². The number of benzene rings is 3. The molecule has 0 aromatic heterocycles. The van der Waals surface area contributed by atoms with Crippen molar-refractivity contribution in [1.82, 2.24) is 10.6 Å². The molecule has 9 nitrogen and oxygen atoms in total. The maximum Gasteiger partial charge on any atom is 0.328 e. The Labute approximate surface area is 283 Å². The van der Waals surface area contributed by atoms with Crippen LogP contribution in [-0.4, -0.2) is 70.7 Å². The van der Waals surface area contributed by atoms with Crippen LogP contribution >= 0.6 is 11.8 Å². The standard InChI is InChI=1S/C37H49N3O6S/c1-25(46-36(5,6)7)31(33(42)39-30(34(43)44)23-45-35(2,3)4)40-32(41)29(38)24-47-37(26-17-11-8-12-18-26,27-19-13-9-14-20-27)28-21-15-10-16-22-28/h8-22,25,29-31H,23-24,38H2,1-7H3,(H,39,42)(H,40,41)(H,43,44)/t25-,29+,30+,31+/m1/s1. The lowest BCUT2D eigenvalue weighted by Gasteiger charge is -2.36. The van der Waals surface area contributed by atoms with Gasteiger partial charge in [-0.2, -0.15) is 0 Å². The molecule has 3 aromatic rings. The van der Waals surface area contributed by atoms with E-state index < -0.39 is 58.0 Å². The van der Waals surface area contributed by atoms with Crippen molar-refractivity contribution in [1.29, 1.82) is 0 Å². The number of hydrogen-bond acceptors (Lipinski definition) is 7. The number of thioether (sulfide) groups is 1. The summed E-state index contributed by atoms with van der Waals surface area (Å²) in [6, 6.07) is 26.6. The number of rotatable bonds is 15. The minimum absolute atomic E-state index is 0.199. The number of ether oxygens (including phenoxy) is 2. The van der Waals surface area contributed by atoms with Gasteiger partial charge in [-0.05, 0) is 65.2 Å². The first-order chi connectivity index (χ1) is 22.0. The molecule has 0 aliphatic rings. The van der Waals surface area contributed by atoms with Crippen LogP contribution in [0.25, 0.3) is 0 Å². The van der Waals surface area contributed by atoms with Crippen molar-refractivity contribution in [3.05, 3.63) is 108 Å². The molecule has 2 amide bonds. The van der Waals surface area contributed by atoms with Gasteiger partial charge in [-0.1, -0.05) is 91.0 Å². The average Bonchev–Trinajstić information content (AvgIpc) is 3.02. The van der Waals surface area contributed by atoms with Crippen molar-refractivity contribution in [3.8, 4) is 0 Å². The van der Waals surface area contributed by atoms with Crippen molar-refractivity contribution in [3.63, 3.8) is 0 Å². The van der Waals surface area contributed by atoms with E-state index in [4.69, 9.17) is 15.2 Å². The topological polar surface area (TPSA) is 140 Å². The molecule has 0 bridgehead atoms. The number of nitrogens with two attached hydrogens (primary N) is 1. The van der Waals surface area contributed by atoms with Crippen molar-refractivity contribution in [2.45, 2.75) is 88.6 Å². The van der Waals surface area contributed by atoms with Crippen LogP contribution in [0.2, 0.25) is 0 Å². The Balaban J connectivity index is 1.89. The predicted molar refractivity (Wildman–Crippen MR) is 187 cm³/mol. The third-order valence-electron chi connectivity index (χ3n) is 7.24. The van der Waals surface area contributed by atoms with Crippen LogP contribution in [0.1, 0.15) is 65.2 Å². The van der Waals surface area contributed by atoms with Crippen molar-refractivity contribution in [2.75, 3.05) is 12.4 Å². The van der Waals surface area contributed by atoms with E-state index in [1.165, 1.54) is 11.8 Å². The molecule has 0 aliphatic carbocycles. The second-order valence-electron chi connectivity index (χ2n) is 13.4. The third kappa shape index (κ3) is 10.9. The van der Waals surface area contributed by atoms with Gasteiger partial charge in [0.15, 0.2) is 6.04 Å².